The predicted molar refractivity (Wildman–Crippen MR) is 87.0 cm³/mol. The van der Waals surface area contributed by atoms with Crippen LogP contribution in [-0.2, 0) is 6.54 Å². The van der Waals surface area contributed by atoms with Gasteiger partial charge in [0.1, 0.15) is 6.61 Å². The third-order valence-electron chi connectivity index (χ3n) is 4.04. The molecule has 1 fully saturated rings. The van der Waals surface area contributed by atoms with Gasteiger partial charge in [0.2, 0.25) is 0 Å². The molecule has 3 nitrogen and oxygen atoms in total. The Morgan fingerprint density at radius 1 is 1.24 bits per heavy atom. The first kappa shape index (κ1) is 16.0. The maximum Gasteiger partial charge on any atom is 0.104 e. The van der Waals surface area contributed by atoms with Gasteiger partial charge in [0.25, 0.3) is 0 Å². The molecule has 1 aromatic carbocycles. The highest BCUT2D eigenvalue weighted by Crippen LogP contribution is 2.20. The predicted octanol–water partition coefficient (Wildman–Crippen LogP) is 1.80. The standard InChI is InChI=1S/C18H26N2O/c1-19(2)14-16-9-11-20(12-10-16)15-18-7-4-3-6-17(18)8-5-13-21/h3-4,6-7,16,21H,9-15H2,1-2H3. The minimum atomic E-state index is -0.0791. The molecule has 1 aliphatic heterocycles. The van der Waals surface area contributed by atoms with Crippen LogP contribution in [0, 0.1) is 17.8 Å². The lowest BCUT2D eigenvalue weighted by Gasteiger charge is -2.33. The smallest absolute Gasteiger partial charge is 0.104 e. The zero-order valence-electron chi connectivity index (χ0n) is 13.2. The Balaban J connectivity index is 1.92. The molecule has 2 rings (SSSR count). The number of benzene rings is 1. The second-order valence-electron chi connectivity index (χ2n) is 6.10. The molecule has 1 aromatic rings. The molecule has 1 saturated heterocycles. The Labute approximate surface area is 128 Å². The van der Waals surface area contributed by atoms with Crippen molar-refractivity contribution >= 4 is 0 Å². The molecule has 21 heavy (non-hydrogen) atoms. The zero-order chi connectivity index (χ0) is 15.1. The summed E-state index contributed by atoms with van der Waals surface area (Å²) in [6.07, 6.45) is 2.56. The molecule has 0 atom stereocenters. The van der Waals surface area contributed by atoms with Crippen LogP contribution in [0.5, 0.6) is 0 Å². The summed E-state index contributed by atoms with van der Waals surface area (Å²) in [6, 6.07) is 8.26. The van der Waals surface area contributed by atoms with Crippen LogP contribution >= 0.6 is 0 Å². The van der Waals surface area contributed by atoms with Crippen molar-refractivity contribution in [3.63, 3.8) is 0 Å². The van der Waals surface area contributed by atoms with E-state index < -0.39 is 0 Å². The van der Waals surface area contributed by atoms with Crippen LogP contribution in [0.15, 0.2) is 24.3 Å². The van der Waals surface area contributed by atoms with Crippen molar-refractivity contribution in [1.82, 2.24) is 9.80 Å². The minimum absolute atomic E-state index is 0.0791. The quantitative estimate of drug-likeness (QED) is 0.855. The fraction of sp³-hybridized carbons (Fsp3) is 0.556. The highest BCUT2D eigenvalue weighted by atomic mass is 16.2. The highest BCUT2D eigenvalue weighted by molar-refractivity contribution is 5.41. The van der Waals surface area contributed by atoms with Gasteiger partial charge in [0.05, 0.1) is 0 Å². The van der Waals surface area contributed by atoms with Gasteiger partial charge in [-0.1, -0.05) is 30.0 Å². The Morgan fingerprint density at radius 2 is 1.95 bits per heavy atom. The lowest BCUT2D eigenvalue weighted by molar-refractivity contribution is 0.157. The van der Waals surface area contributed by atoms with Crippen LogP contribution in [-0.4, -0.2) is 55.2 Å². The molecule has 0 bridgehead atoms. The average molecular weight is 286 g/mol. The first-order valence-electron chi connectivity index (χ1n) is 7.73. The van der Waals surface area contributed by atoms with E-state index in [1.54, 1.807) is 0 Å². The molecule has 0 aliphatic carbocycles. The van der Waals surface area contributed by atoms with E-state index in [2.05, 4.69) is 47.9 Å². The number of piperidine rings is 1. The summed E-state index contributed by atoms with van der Waals surface area (Å²) in [5.41, 5.74) is 2.31. The number of rotatable bonds is 4. The van der Waals surface area contributed by atoms with Gasteiger partial charge in [-0.05, 0) is 57.6 Å². The fourth-order valence-corrected chi connectivity index (χ4v) is 3.00. The first-order valence-corrected chi connectivity index (χ1v) is 7.73. The molecule has 114 valence electrons. The van der Waals surface area contributed by atoms with E-state index in [0.717, 1.165) is 18.0 Å². The molecule has 0 radical (unpaired) electrons. The first-order chi connectivity index (χ1) is 10.2. The van der Waals surface area contributed by atoms with Crippen LogP contribution in [0.25, 0.3) is 0 Å². The van der Waals surface area contributed by atoms with Gasteiger partial charge in [0.15, 0.2) is 0 Å². The number of hydrogen-bond donors (Lipinski definition) is 1. The second-order valence-corrected chi connectivity index (χ2v) is 6.10. The summed E-state index contributed by atoms with van der Waals surface area (Å²) in [7, 11) is 4.31. The molecule has 1 N–H and O–H groups in total. The topological polar surface area (TPSA) is 26.7 Å². The molecule has 1 aliphatic rings. The monoisotopic (exact) mass is 286 g/mol. The number of aliphatic hydroxyl groups excluding tert-OH is 1. The molecule has 1 heterocycles. The third-order valence-corrected chi connectivity index (χ3v) is 4.04. The average Bonchev–Trinajstić information content (AvgIpc) is 2.48. The lowest BCUT2D eigenvalue weighted by Crippen LogP contribution is -2.36. The van der Waals surface area contributed by atoms with Crippen molar-refractivity contribution in [2.75, 3.05) is 40.3 Å². The molecular weight excluding hydrogens is 260 g/mol. The van der Waals surface area contributed by atoms with Gasteiger partial charge in [-0.2, -0.15) is 0 Å². The van der Waals surface area contributed by atoms with Crippen LogP contribution in [0.1, 0.15) is 24.0 Å². The van der Waals surface area contributed by atoms with Gasteiger partial charge in [0, 0.05) is 18.7 Å². The molecular formula is C18H26N2O. The van der Waals surface area contributed by atoms with E-state index in [1.807, 2.05) is 12.1 Å². The Kier molecular flexibility index (Phi) is 6.25. The van der Waals surface area contributed by atoms with Crippen LogP contribution in [0.2, 0.25) is 0 Å². The summed E-state index contributed by atoms with van der Waals surface area (Å²) in [5, 5.41) is 8.85. The minimum Gasteiger partial charge on any atom is -0.384 e. The summed E-state index contributed by atoms with van der Waals surface area (Å²) < 4.78 is 0. The maximum atomic E-state index is 8.85. The van der Waals surface area contributed by atoms with Crippen LogP contribution in [0.4, 0.5) is 0 Å². The number of hydrogen-bond acceptors (Lipinski definition) is 3. The molecule has 0 spiro atoms. The number of likely N-dealkylation sites (tertiary alicyclic amines) is 1. The summed E-state index contributed by atoms with van der Waals surface area (Å²) >= 11 is 0. The van der Waals surface area contributed by atoms with Gasteiger partial charge >= 0.3 is 0 Å². The largest absolute Gasteiger partial charge is 0.384 e. The van der Waals surface area contributed by atoms with Gasteiger partial charge in [-0.3, -0.25) is 4.90 Å². The van der Waals surface area contributed by atoms with Crippen molar-refractivity contribution in [2.45, 2.75) is 19.4 Å². The van der Waals surface area contributed by atoms with Crippen molar-refractivity contribution in [3.05, 3.63) is 35.4 Å². The van der Waals surface area contributed by atoms with E-state index in [0.29, 0.717) is 0 Å². The molecule has 0 unspecified atom stereocenters. The number of aliphatic hydroxyl groups is 1. The summed E-state index contributed by atoms with van der Waals surface area (Å²) in [6.45, 7) is 4.42. The number of nitrogens with zero attached hydrogens (tertiary/aromatic N) is 2. The van der Waals surface area contributed by atoms with E-state index in [4.69, 9.17) is 5.11 Å². The van der Waals surface area contributed by atoms with Crippen molar-refractivity contribution in [2.24, 2.45) is 5.92 Å². The van der Waals surface area contributed by atoms with Gasteiger partial charge in [-0.25, -0.2) is 0 Å². The fourth-order valence-electron chi connectivity index (χ4n) is 3.00. The van der Waals surface area contributed by atoms with Crippen LogP contribution < -0.4 is 0 Å². The molecule has 0 amide bonds. The summed E-state index contributed by atoms with van der Waals surface area (Å²) in [5.74, 6) is 6.64. The Hall–Kier alpha value is -1.34. The van der Waals surface area contributed by atoms with Gasteiger partial charge in [-0.15, -0.1) is 0 Å². The normalized spacial score (nSPS) is 16.8. The Morgan fingerprint density at radius 3 is 2.62 bits per heavy atom. The lowest BCUT2D eigenvalue weighted by atomic mass is 9.95. The summed E-state index contributed by atoms with van der Waals surface area (Å²) in [4.78, 5) is 4.81. The molecule has 0 saturated carbocycles. The SMILES string of the molecule is CN(C)CC1CCN(Cc2ccccc2C#CCO)CC1. The van der Waals surface area contributed by atoms with E-state index in [1.165, 1.54) is 38.0 Å². The second kappa shape index (κ2) is 8.19. The van der Waals surface area contributed by atoms with E-state index in [9.17, 15) is 0 Å². The zero-order valence-corrected chi connectivity index (χ0v) is 13.2. The molecule has 0 aromatic heterocycles. The van der Waals surface area contributed by atoms with E-state index in [-0.39, 0.29) is 6.61 Å². The highest BCUT2D eigenvalue weighted by Gasteiger charge is 2.20. The maximum absolute atomic E-state index is 8.85. The van der Waals surface area contributed by atoms with Crippen molar-refractivity contribution in [1.29, 1.82) is 0 Å². The van der Waals surface area contributed by atoms with Crippen molar-refractivity contribution < 1.29 is 5.11 Å². The van der Waals surface area contributed by atoms with Gasteiger partial charge < -0.3 is 10.0 Å². The van der Waals surface area contributed by atoms with Crippen LogP contribution in [0.3, 0.4) is 0 Å². The Bertz CT molecular complexity index is 493. The molecule has 3 heteroatoms. The van der Waals surface area contributed by atoms with E-state index >= 15 is 0 Å². The third kappa shape index (κ3) is 5.17. The van der Waals surface area contributed by atoms with Crippen molar-refractivity contribution in [3.8, 4) is 11.8 Å².